The third kappa shape index (κ3) is 2.15. The van der Waals surface area contributed by atoms with Gasteiger partial charge in [-0.1, -0.05) is 13.8 Å². The Morgan fingerprint density at radius 3 is 2.40 bits per heavy atom. The monoisotopic (exact) mass is 271 g/mol. The molecule has 20 heavy (non-hydrogen) atoms. The summed E-state index contributed by atoms with van der Waals surface area (Å²) in [6.45, 7) is 4.33. The van der Waals surface area contributed by atoms with Crippen LogP contribution in [0, 0.1) is 0 Å². The molecule has 0 unspecified atom stereocenters. The number of ether oxygens (including phenoxy) is 1. The minimum atomic E-state index is 0.380. The van der Waals surface area contributed by atoms with Gasteiger partial charge in [0, 0.05) is 17.5 Å². The number of anilines is 1. The van der Waals surface area contributed by atoms with Crippen molar-refractivity contribution in [2.45, 2.75) is 38.6 Å². The van der Waals surface area contributed by atoms with Crippen molar-refractivity contribution in [1.29, 1.82) is 0 Å². The number of rotatable bonds is 4. The Hall–Kier alpha value is -1.97. The Balaban J connectivity index is 2.06. The molecule has 1 saturated carbocycles. The third-order valence-corrected chi connectivity index (χ3v) is 3.77. The number of aromatic nitrogens is 2. The Labute approximate surface area is 119 Å². The van der Waals surface area contributed by atoms with Crippen LogP contribution < -0.4 is 10.5 Å². The number of nitrogens with two attached hydrogens (primary N) is 1. The van der Waals surface area contributed by atoms with Crippen LogP contribution in [0.4, 0.5) is 5.82 Å². The Bertz CT molecular complexity index is 609. The molecule has 2 N–H and O–H groups in total. The molecule has 0 bridgehead atoms. The number of benzene rings is 1. The van der Waals surface area contributed by atoms with Gasteiger partial charge in [0.2, 0.25) is 0 Å². The molecule has 3 rings (SSSR count). The van der Waals surface area contributed by atoms with E-state index in [0.29, 0.717) is 12.0 Å². The highest BCUT2D eigenvalue weighted by Gasteiger charge is 2.30. The molecule has 0 spiro atoms. The van der Waals surface area contributed by atoms with Crippen molar-refractivity contribution in [3.05, 3.63) is 30.1 Å². The van der Waals surface area contributed by atoms with Crippen LogP contribution in [0.15, 0.2) is 24.3 Å². The quantitative estimate of drug-likeness (QED) is 0.924. The van der Waals surface area contributed by atoms with Gasteiger partial charge in [-0.15, -0.1) is 0 Å². The molecule has 0 amide bonds. The van der Waals surface area contributed by atoms with Gasteiger partial charge in [-0.2, -0.15) is 0 Å². The first-order valence-corrected chi connectivity index (χ1v) is 7.13. The Morgan fingerprint density at radius 2 is 1.90 bits per heavy atom. The first-order chi connectivity index (χ1) is 9.61. The molecular formula is C16H21N3O. The first kappa shape index (κ1) is 13.0. The second kappa shape index (κ2) is 4.85. The molecule has 1 aromatic heterocycles. The summed E-state index contributed by atoms with van der Waals surface area (Å²) in [5.74, 6) is 3.11. The van der Waals surface area contributed by atoms with Crippen molar-refractivity contribution in [2.75, 3.05) is 12.8 Å². The first-order valence-electron chi connectivity index (χ1n) is 7.13. The number of methoxy groups -OCH3 is 1. The van der Waals surface area contributed by atoms with E-state index >= 15 is 0 Å². The normalized spacial score (nSPS) is 14.8. The van der Waals surface area contributed by atoms with Gasteiger partial charge in [-0.05, 0) is 37.1 Å². The number of hydrogen-bond donors (Lipinski definition) is 1. The Morgan fingerprint density at radius 1 is 1.25 bits per heavy atom. The van der Waals surface area contributed by atoms with E-state index in [4.69, 9.17) is 15.5 Å². The van der Waals surface area contributed by atoms with Crippen LogP contribution in [0.3, 0.4) is 0 Å². The average Bonchev–Trinajstić information content (AvgIpc) is 3.22. The largest absolute Gasteiger partial charge is 0.497 e. The molecule has 1 aromatic carbocycles. The molecule has 0 atom stereocenters. The minimum Gasteiger partial charge on any atom is -0.497 e. The van der Waals surface area contributed by atoms with E-state index < -0.39 is 0 Å². The van der Waals surface area contributed by atoms with Gasteiger partial charge in [-0.3, -0.25) is 0 Å². The zero-order valence-corrected chi connectivity index (χ0v) is 12.3. The average molecular weight is 271 g/mol. The van der Waals surface area contributed by atoms with Crippen molar-refractivity contribution < 1.29 is 4.74 Å². The molecule has 1 aliphatic rings. The maximum atomic E-state index is 6.35. The van der Waals surface area contributed by atoms with Crippen LogP contribution in [0.25, 0.3) is 11.3 Å². The molecule has 2 aromatic rings. The summed E-state index contributed by atoms with van der Waals surface area (Å²) >= 11 is 0. The lowest BCUT2D eigenvalue weighted by Crippen LogP contribution is -2.06. The lowest BCUT2D eigenvalue weighted by Gasteiger charge is -2.10. The van der Waals surface area contributed by atoms with Crippen LogP contribution in [0.2, 0.25) is 0 Å². The molecule has 4 heteroatoms. The highest BCUT2D eigenvalue weighted by atomic mass is 16.5. The SMILES string of the molecule is COc1ccc(-c2nc(C(C)C)n(C3CC3)c2N)cc1. The maximum absolute atomic E-state index is 6.35. The van der Waals surface area contributed by atoms with Gasteiger partial charge < -0.3 is 15.0 Å². The van der Waals surface area contributed by atoms with Gasteiger partial charge in [0.05, 0.1) is 7.11 Å². The fourth-order valence-electron chi connectivity index (χ4n) is 2.55. The summed E-state index contributed by atoms with van der Waals surface area (Å²) in [6.07, 6.45) is 2.42. The van der Waals surface area contributed by atoms with E-state index in [9.17, 15) is 0 Å². The number of imidazole rings is 1. The van der Waals surface area contributed by atoms with Gasteiger partial charge in [0.1, 0.15) is 23.1 Å². The summed E-state index contributed by atoms with van der Waals surface area (Å²) in [7, 11) is 1.67. The van der Waals surface area contributed by atoms with Gasteiger partial charge in [-0.25, -0.2) is 4.98 Å². The van der Waals surface area contributed by atoms with Crippen molar-refractivity contribution in [1.82, 2.24) is 9.55 Å². The van der Waals surface area contributed by atoms with E-state index in [1.165, 1.54) is 12.8 Å². The highest BCUT2D eigenvalue weighted by molar-refractivity contribution is 5.71. The summed E-state index contributed by atoms with van der Waals surface area (Å²) in [5.41, 5.74) is 8.29. The Kier molecular flexibility index (Phi) is 3.16. The predicted molar refractivity (Wildman–Crippen MR) is 81.0 cm³/mol. The maximum Gasteiger partial charge on any atom is 0.132 e. The lowest BCUT2D eigenvalue weighted by molar-refractivity contribution is 0.415. The molecular weight excluding hydrogens is 250 g/mol. The van der Waals surface area contributed by atoms with Gasteiger partial charge >= 0.3 is 0 Å². The number of nitrogen functional groups attached to an aromatic ring is 1. The molecule has 1 fully saturated rings. The smallest absolute Gasteiger partial charge is 0.132 e. The van der Waals surface area contributed by atoms with E-state index in [0.717, 1.165) is 28.6 Å². The summed E-state index contributed by atoms with van der Waals surface area (Å²) in [5, 5.41) is 0. The number of nitrogens with zero attached hydrogens (tertiary/aromatic N) is 2. The van der Waals surface area contributed by atoms with E-state index in [1.54, 1.807) is 7.11 Å². The van der Waals surface area contributed by atoms with E-state index in [-0.39, 0.29) is 0 Å². The number of hydrogen-bond acceptors (Lipinski definition) is 3. The zero-order chi connectivity index (χ0) is 14.3. The fourth-order valence-corrected chi connectivity index (χ4v) is 2.55. The van der Waals surface area contributed by atoms with Crippen molar-refractivity contribution in [2.24, 2.45) is 0 Å². The summed E-state index contributed by atoms with van der Waals surface area (Å²) in [6, 6.07) is 8.46. The van der Waals surface area contributed by atoms with Gasteiger partial charge in [0.25, 0.3) is 0 Å². The third-order valence-electron chi connectivity index (χ3n) is 3.77. The standard InChI is InChI=1S/C16H21N3O/c1-10(2)16-18-14(15(17)19(16)12-6-7-12)11-4-8-13(20-3)9-5-11/h4-5,8-10,12H,6-7,17H2,1-3H3. The van der Waals surface area contributed by atoms with Crippen LogP contribution in [0.5, 0.6) is 5.75 Å². The van der Waals surface area contributed by atoms with Crippen LogP contribution in [0.1, 0.15) is 44.5 Å². The molecule has 0 radical (unpaired) electrons. The molecule has 0 aliphatic heterocycles. The lowest BCUT2D eigenvalue weighted by atomic mass is 10.1. The molecule has 106 valence electrons. The van der Waals surface area contributed by atoms with Crippen LogP contribution >= 0.6 is 0 Å². The topological polar surface area (TPSA) is 53.1 Å². The zero-order valence-electron chi connectivity index (χ0n) is 12.3. The molecule has 0 saturated heterocycles. The molecule has 1 heterocycles. The van der Waals surface area contributed by atoms with E-state index in [2.05, 4.69) is 18.4 Å². The van der Waals surface area contributed by atoms with Crippen LogP contribution in [-0.2, 0) is 0 Å². The minimum absolute atomic E-state index is 0.380. The summed E-state index contributed by atoms with van der Waals surface area (Å²) in [4.78, 5) is 4.79. The second-order valence-corrected chi connectivity index (χ2v) is 5.69. The van der Waals surface area contributed by atoms with Crippen molar-refractivity contribution >= 4 is 5.82 Å². The fraction of sp³-hybridized carbons (Fsp3) is 0.438. The molecule has 4 nitrogen and oxygen atoms in total. The predicted octanol–water partition coefficient (Wildman–Crippen LogP) is 3.60. The highest BCUT2D eigenvalue weighted by Crippen LogP contribution is 2.42. The van der Waals surface area contributed by atoms with E-state index in [1.807, 2.05) is 24.3 Å². The summed E-state index contributed by atoms with van der Waals surface area (Å²) < 4.78 is 7.42. The van der Waals surface area contributed by atoms with Crippen molar-refractivity contribution in [3.63, 3.8) is 0 Å². The van der Waals surface area contributed by atoms with Crippen LogP contribution in [-0.4, -0.2) is 16.7 Å². The molecule has 1 aliphatic carbocycles. The van der Waals surface area contributed by atoms with Gasteiger partial charge in [0.15, 0.2) is 0 Å². The van der Waals surface area contributed by atoms with Crippen molar-refractivity contribution in [3.8, 4) is 17.0 Å². The second-order valence-electron chi connectivity index (χ2n) is 5.69.